The van der Waals surface area contributed by atoms with Crippen LogP contribution in [0.1, 0.15) is 33.0 Å². The Morgan fingerprint density at radius 2 is 2.15 bits per heavy atom. The third kappa shape index (κ3) is 3.67. The number of hydrogen-bond acceptors (Lipinski definition) is 4. The summed E-state index contributed by atoms with van der Waals surface area (Å²) in [5, 5.41) is 7.20. The molecule has 2 aromatic rings. The van der Waals surface area contributed by atoms with Gasteiger partial charge in [-0.15, -0.1) is 0 Å². The molecule has 0 aliphatic rings. The molecule has 0 aromatic carbocycles. The Morgan fingerprint density at radius 1 is 1.35 bits per heavy atom. The van der Waals surface area contributed by atoms with E-state index in [-0.39, 0.29) is 5.91 Å². The minimum Gasteiger partial charge on any atom is -0.466 e. The van der Waals surface area contributed by atoms with Crippen molar-refractivity contribution in [3.05, 3.63) is 45.0 Å². The molecule has 5 heteroatoms. The largest absolute Gasteiger partial charge is 0.466 e. The number of hydrogen-bond donors (Lipinski definition) is 1. The average Bonchev–Trinajstić information content (AvgIpc) is 2.99. The molecule has 0 fully saturated rings. The van der Waals surface area contributed by atoms with Crippen molar-refractivity contribution in [2.45, 2.75) is 26.5 Å². The molecule has 2 rings (SSSR count). The van der Waals surface area contributed by atoms with Crippen LogP contribution >= 0.6 is 23.1 Å². The van der Waals surface area contributed by atoms with Gasteiger partial charge in [-0.2, -0.15) is 23.1 Å². The number of nitrogens with one attached hydrogen (secondary N) is 1. The molecular weight excluding hydrogens is 290 g/mol. The molecule has 0 saturated carbocycles. The van der Waals surface area contributed by atoms with Crippen molar-refractivity contribution in [3.63, 3.8) is 0 Å². The Kier molecular flexibility index (Phi) is 5.31. The molecule has 1 N–H and O–H groups in total. The monoisotopic (exact) mass is 309 g/mol. The summed E-state index contributed by atoms with van der Waals surface area (Å²) in [6, 6.07) is 2.14. The van der Waals surface area contributed by atoms with E-state index in [9.17, 15) is 4.79 Å². The van der Waals surface area contributed by atoms with Crippen LogP contribution in [-0.4, -0.2) is 18.2 Å². The van der Waals surface area contributed by atoms with E-state index in [2.05, 4.69) is 22.1 Å². The molecule has 20 heavy (non-hydrogen) atoms. The summed E-state index contributed by atoms with van der Waals surface area (Å²) < 4.78 is 5.48. The van der Waals surface area contributed by atoms with Gasteiger partial charge in [-0.3, -0.25) is 4.79 Å². The fourth-order valence-electron chi connectivity index (χ4n) is 2.02. The van der Waals surface area contributed by atoms with E-state index in [1.54, 1.807) is 11.3 Å². The number of aryl methyl sites for hydroxylation is 2. The van der Waals surface area contributed by atoms with Crippen LogP contribution in [0.3, 0.4) is 0 Å². The lowest BCUT2D eigenvalue weighted by atomic mass is 10.1. The minimum absolute atomic E-state index is 0.0343. The second-order valence-electron chi connectivity index (χ2n) is 4.65. The smallest absolute Gasteiger partial charge is 0.255 e. The predicted octanol–water partition coefficient (Wildman–Crippen LogP) is 3.93. The quantitative estimate of drug-likeness (QED) is 0.822. The molecule has 0 aliphatic heterocycles. The van der Waals surface area contributed by atoms with Crippen LogP contribution in [0.4, 0.5) is 0 Å². The van der Waals surface area contributed by atoms with Gasteiger partial charge in [0.25, 0.3) is 5.91 Å². The second kappa shape index (κ2) is 6.99. The fourth-order valence-corrected chi connectivity index (χ4v) is 3.60. The molecule has 0 saturated heterocycles. The fraction of sp³-hybridized carbons (Fsp3) is 0.400. The minimum atomic E-state index is -0.0343. The maximum atomic E-state index is 12.1. The molecule has 1 amide bonds. The molecule has 0 bridgehead atoms. The van der Waals surface area contributed by atoms with Gasteiger partial charge in [-0.05, 0) is 43.2 Å². The number of carbonyl (C=O) groups excluding carboxylic acids is 1. The summed E-state index contributed by atoms with van der Waals surface area (Å²) in [5.74, 6) is 3.40. The van der Waals surface area contributed by atoms with E-state index in [0.29, 0.717) is 17.9 Å². The Hall–Kier alpha value is -1.20. The topological polar surface area (TPSA) is 42.2 Å². The van der Waals surface area contributed by atoms with E-state index < -0.39 is 0 Å². The van der Waals surface area contributed by atoms with E-state index in [0.717, 1.165) is 22.8 Å². The third-order valence-corrected chi connectivity index (χ3v) is 4.93. The maximum absolute atomic E-state index is 12.1. The number of furan rings is 1. The van der Waals surface area contributed by atoms with Gasteiger partial charge < -0.3 is 9.73 Å². The van der Waals surface area contributed by atoms with Crippen LogP contribution in [-0.2, 0) is 5.75 Å². The zero-order chi connectivity index (χ0) is 14.5. The van der Waals surface area contributed by atoms with Crippen molar-refractivity contribution in [1.29, 1.82) is 0 Å². The highest BCUT2D eigenvalue weighted by Crippen LogP contribution is 2.20. The van der Waals surface area contributed by atoms with Gasteiger partial charge in [0.05, 0.1) is 5.56 Å². The lowest BCUT2D eigenvalue weighted by Gasteiger charge is -2.05. The van der Waals surface area contributed by atoms with Crippen molar-refractivity contribution in [2.24, 2.45) is 0 Å². The number of thiophene rings is 1. The van der Waals surface area contributed by atoms with Gasteiger partial charge >= 0.3 is 0 Å². The first-order valence-corrected chi connectivity index (χ1v) is 8.63. The van der Waals surface area contributed by atoms with Gasteiger partial charge in [0.15, 0.2) is 0 Å². The first-order valence-electron chi connectivity index (χ1n) is 6.53. The van der Waals surface area contributed by atoms with E-state index >= 15 is 0 Å². The number of carbonyl (C=O) groups is 1. The Bertz CT molecular complexity index is 573. The number of thioether (sulfide) groups is 1. The standard InChI is InChI=1S/C15H19NO2S2/c1-10-11(2)18-12(3)14(10)15(17)16-5-7-20-9-13-4-6-19-8-13/h4,6,8H,5,7,9H2,1-3H3,(H,16,17). The summed E-state index contributed by atoms with van der Waals surface area (Å²) in [6.45, 7) is 6.32. The summed E-state index contributed by atoms with van der Waals surface area (Å²) in [5.41, 5.74) is 2.97. The molecule has 3 nitrogen and oxygen atoms in total. The van der Waals surface area contributed by atoms with Crippen molar-refractivity contribution >= 4 is 29.0 Å². The molecule has 0 aliphatic carbocycles. The van der Waals surface area contributed by atoms with Crippen LogP contribution in [0.15, 0.2) is 21.2 Å². The predicted molar refractivity (Wildman–Crippen MR) is 85.7 cm³/mol. The Labute approximate surface area is 127 Å². The first-order chi connectivity index (χ1) is 9.59. The van der Waals surface area contributed by atoms with Crippen LogP contribution in [0.5, 0.6) is 0 Å². The van der Waals surface area contributed by atoms with Gasteiger partial charge in [-0.25, -0.2) is 0 Å². The molecular formula is C15H19NO2S2. The molecule has 0 atom stereocenters. The zero-order valence-corrected chi connectivity index (χ0v) is 13.6. The summed E-state index contributed by atoms with van der Waals surface area (Å²) in [6.07, 6.45) is 0. The third-order valence-electron chi connectivity index (χ3n) is 3.17. The Morgan fingerprint density at radius 3 is 2.75 bits per heavy atom. The normalized spacial score (nSPS) is 10.8. The highest BCUT2D eigenvalue weighted by molar-refractivity contribution is 7.98. The van der Waals surface area contributed by atoms with Crippen LogP contribution in [0.25, 0.3) is 0 Å². The highest BCUT2D eigenvalue weighted by Gasteiger charge is 2.17. The molecule has 0 spiro atoms. The SMILES string of the molecule is Cc1oc(C)c(C(=O)NCCSCc2ccsc2)c1C. The lowest BCUT2D eigenvalue weighted by molar-refractivity contribution is 0.0954. The van der Waals surface area contributed by atoms with Crippen molar-refractivity contribution in [3.8, 4) is 0 Å². The maximum Gasteiger partial charge on any atom is 0.255 e. The van der Waals surface area contributed by atoms with Gasteiger partial charge in [0.2, 0.25) is 0 Å². The molecule has 2 heterocycles. The van der Waals surface area contributed by atoms with E-state index in [1.807, 2.05) is 32.5 Å². The van der Waals surface area contributed by atoms with Gasteiger partial charge in [-0.1, -0.05) is 0 Å². The zero-order valence-electron chi connectivity index (χ0n) is 12.0. The van der Waals surface area contributed by atoms with Crippen molar-refractivity contribution in [2.75, 3.05) is 12.3 Å². The van der Waals surface area contributed by atoms with Crippen LogP contribution < -0.4 is 5.32 Å². The second-order valence-corrected chi connectivity index (χ2v) is 6.54. The van der Waals surface area contributed by atoms with E-state index in [4.69, 9.17) is 4.42 Å². The van der Waals surface area contributed by atoms with Gasteiger partial charge in [0.1, 0.15) is 11.5 Å². The number of amides is 1. The molecule has 0 radical (unpaired) electrons. The van der Waals surface area contributed by atoms with E-state index in [1.165, 1.54) is 5.56 Å². The van der Waals surface area contributed by atoms with Gasteiger partial charge in [0, 0.05) is 23.6 Å². The van der Waals surface area contributed by atoms with Crippen molar-refractivity contribution < 1.29 is 9.21 Å². The molecule has 0 unspecified atom stereocenters. The highest BCUT2D eigenvalue weighted by atomic mass is 32.2. The van der Waals surface area contributed by atoms with Crippen LogP contribution in [0, 0.1) is 20.8 Å². The molecule has 2 aromatic heterocycles. The average molecular weight is 309 g/mol. The van der Waals surface area contributed by atoms with Crippen LogP contribution in [0.2, 0.25) is 0 Å². The first kappa shape index (κ1) is 15.2. The van der Waals surface area contributed by atoms with Crippen molar-refractivity contribution in [1.82, 2.24) is 5.32 Å². The Balaban J connectivity index is 1.75. The summed E-state index contributed by atoms with van der Waals surface area (Å²) in [7, 11) is 0. The summed E-state index contributed by atoms with van der Waals surface area (Å²) >= 11 is 3.55. The lowest BCUT2D eigenvalue weighted by Crippen LogP contribution is -2.26. The number of rotatable bonds is 6. The summed E-state index contributed by atoms with van der Waals surface area (Å²) in [4.78, 5) is 12.1. The molecule has 108 valence electrons.